The molecule has 1 atom stereocenters. The van der Waals surface area contributed by atoms with E-state index in [2.05, 4.69) is 4.98 Å². The molecule has 1 N–H and O–H groups in total. The zero-order valence-corrected chi connectivity index (χ0v) is 13.9. The average Bonchev–Trinajstić information content (AvgIpc) is 3.26. The number of hydrogen-bond acceptors (Lipinski definition) is 6. The second-order valence-corrected chi connectivity index (χ2v) is 7.07. The predicted octanol–water partition coefficient (Wildman–Crippen LogP) is 2.12. The van der Waals surface area contributed by atoms with E-state index < -0.39 is 6.10 Å². The molecule has 0 saturated heterocycles. The predicted molar refractivity (Wildman–Crippen MR) is 90.3 cm³/mol. The highest BCUT2D eigenvalue weighted by Crippen LogP contribution is 2.34. The van der Waals surface area contributed by atoms with Crippen LogP contribution >= 0.6 is 11.3 Å². The van der Waals surface area contributed by atoms with Gasteiger partial charge in [0, 0.05) is 4.88 Å². The molecule has 126 valence electrons. The van der Waals surface area contributed by atoms with Crippen molar-refractivity contribution >= 4 is 21.6 Å². The van der Waals surface area contributed by atoms with Crippen molar-refractivity contribution in [3.63, 3.8) is 0 Å². The van der Waals surface area contributed by atoms with Crippen molar-refractivity contribution < 1.29 is 14.3 Å². The molecule has 0 amide bonds. The molecule has 1 aliphatic rings. The van der Waals surface area contributed by atoms with Gasteiger partial charge in [0.2, 0.25) is 0 Å². The Labute approximate surface area is 142 Å². The van der Waals surface area contributed by atoms with E-state index in [0.29, 0.717) is 12.4 Å². The van der Waals surface area contributed by atoms with Gasteiger partial charge in [0.05, 0.1) is 37.2 Å². The van der Waals surface area contributed by atoms with Crippen molar-refractivity contribution in [2.24, 2.45) is 0 Å². The summed E-state index contributed by atoms with van der Waals surface area (Å²) in [5.74, 6) is 0.705. The zero-order valence-electron chi connectivity index (χ0n) is 13.1. The van der Waals surface area contributed by atoms with Crippen LogP contribution in [-0.4, -0.2) is 27.4 Å². The number of ether oxygens (including phenoxy) is 1. The van der Waals surface area contributed by atoms with Gasteiger partial charge in [-0.25, -0.2) is 4.98 Å². The van der Waals surface area contributed by atoms with Crippen LogP contribution in [0.25, 0.3) is 10.2 Å². The van der Waals surface area contributed by atoms with Gasteiger partial charge in [-0.05, 0) is 37.0 Å². The molecular formula is C17H18N2O4S. The molecule has 0 saturated carbocycles. The van der Waals surface area contributed by atoms with Gasteiger partial charge in [-0.2, -0.15) is 0 Å². The van der Waals surface area contributed by atoms with E-state index in [1.54, 1.807) is 23.7 Å². The first kappa shape index (κ1) is 15.6. The fraction of sp³-hybridized carbons (Fsp3) is 0.412. The lowest BCUT2D eigenvalue weighted by molar-refractivity contribution is 0.0142. The van der Waals surface area contributed by atoms with Crippen molar-refractivity contribution in [3.8, 4) is 0 Å². The fourth-order valence-corrected chi connectivity index (χ4v) is 4.34. The summed E-state index contributed by atoms with van der Waals surface area (Å²) in [6.45, 7) is 0.603. The number of aromatic nitrogens is 2. The Bertz CT molecular complexity index is 897. The summed E-state index contributed by atoms with van der Waals surface area (Å²) in [5, 5.41) is 10.9. The molecule has 0 aromatic carbocycles. The van der Waals surface area contributed by atoms with E-state index in [4.69, 9.17) is 9.15 Å². The monoisotopic (exact) mass is 346 g/mol. The number of fused-ring (bicyclic) bond motifs is 3. The number of aliphatic hydroxyl groups is 1. The van der Waals surface area contributed by atoms with Gasteiger partial charge in [-0.15, -0.1) is 11.3 Å². The van der Waals surface area contributed by atoms with Crippen LogP contribution in [0.2, 0.25) is 0 Å². The van der Waals surface area contributed by atoms with Crippen molar-refractivity contribution in [2.75, 3.05) is 6.61 Å². The molecular weight excluding hydrogens is 328 g/mol. The SMILES string of the molecule is O=c1c2c3c(sc2ncn1CC(O)COCc1ccco1)CCC3. The van der Waals surface area contributed by atoms with Crippen LogP contribution in [0.4, 0.5) is 0 Å². The summed E-state index contributed by atoms with van der Waals surface area (Å²) >= 11 is 1.62. The molecule has 0 fully saturated rings. The molecule has 0 bridgehead atoms. The largest absolute Gasteiger partial charge is 0.467 e. The Morgan fingerprint density at radius 1 is 1.46 bits per heavy atom. The number of thiophene rings is 1. The van der Waals surface area contributed by atoms with Gasteiger partial charge in [-0.1, -0.05) is 0 Å². The molecule has 6 nitrogen and oxygen atoms in total. The average molecular weight is 346 g/mol. The van der Waals surface area contributed by atoms with Gasteiger partial charge >= 0.3 is 0 Å². The lowest BCUT2D eigenvalue weighted by Crippen LogP contribution is -2.29. The quantitative estimate of drug-likeness (QED) is 0.740. The first-order chi connectivity index (χ1) is 11.7. The van der Waals surface area contributed by atoms with Crippen LogP contribution in [0.3, 0.4) is 0 Å². The topological polar surface area (TPSA) is 77.5 Å². The first-order valence-electron chi connectivity index (χ1n) is 8.00. The number of rotatable bonds is 6. The molecule has 1 aliphatic carbocycles. The Kier molecular flexibility index (Phi) is 4.22. The lowest BCUT2D eigenvalue weighted by atomic mass is 10.2. The van der Waals surface area contributed by atoms with Crippen molar-refractivity contribution in [2.45, 2.75) is 38.5 Å². The van der Waals surface area contributed by atoms with E-state index in [9.17, 15) is 9.90 Å². The molecule has 7 heteroatoms. The summed E-state index contributed by atoms with van der Waals surface area (Å²) in [6, 6.07) is 3.60. The minimum Gasteiger partial charge on any atom is -0.467 e. The summed E-state index contributed by atoms with van der Waals surface area (Å²) in [5.41, 5.74) is 1.09. The summed E-state index contributed by atoms with van der Waals surface area (Å²) in [4.78, 5) is 19.2. The van der Waals surface area contributed by atoms with Crippen molar-refractivity contribution in [1.29, 1.82) is 0 Å². The third-order valence-electron chi connectivity index (χ3n) is 4.23. The Hall–Kier alpha value is -1.96. The van der Waals surface area contributed by atoms with Crippen molar-refractivity contribution in [3.05, 3.63) is 51.3 Å². The maximum Gasteiger partial charge on any atom is 0.262 e. The normalized spacial score (nSPS) is 15.0. The third-order valence-corrected chi connectivity index (χ3v) is 5.43. The van der Waals surface area contributed by atoms with E-state index in [0.717, 1.165) is 35.0 Å². The third kappa shape index (κ3) is 2.90. The Morgan fingerprint density at radius 2 is 2.38 bits per heavy atom. The number of aryl methyl sites for hydroxylation is 2. The van der Waals surface area contributed by atoms with Crippen LogP contribution in [0.15, 0.2) is 33.9 Å². The smallest absolute Gasteiger partial charge is 0.262 e. The van der Waals surface area contributed by atoms with E-state index in [1.807, 2.05) is 6.07 Å². The maximum atomic E-state index is 12.7. The van der Waals surface area contributed by atoms with Gasteiger partial charge in [-0.3, -0.25) is 9.36 Å². The fourth-order valence-electron chi connectivity index (χ4n) is 3.12. The highest BCUT2D eigenvalue weighted by molar-refractivity contribution is 7.18. The standard InChI is InChI=1S/C17H18N2O4S/c20-11(8-22-9-12-3-2-6-23-12)7-19-10-18-16-15(17(19)21)13-4-1-5-14(13)24-16/h2-3,6,10-11,20H,1,4-5,7-9H2. The van der Waals surface area contributed by atoms with Crippen LogP contribution in [0.1, 0.15) is 22.6 Å². The Morgan fingerprint density at radius 3 is 3.21 bits per heavy atom. The van der Waals surface area contributed by atoms with Crippen LogP contribution < -0.4 is 5.56 Å². The summed E-state index contributed by atoms with van der Waals surface area (Å²) < 4.78 is 12.1. The van der Waals surface area contributed by atoms with Crippen LogP contribution in [-0.2, 0) is 30.7 Å². The van der Waals surface area contributed by atoms with Gasteiger partial charge in [0.25, 0.3) is 5.56 Å². The van der Waals surface area contributed by atoms with Crippen molar-refractivity contribution in [1.82, 2.24) is 9.55 Å². The van der Waals surface area contributed by atoms with Gasteiger partial charge < -0.3 is 14.3 Å². The summed E-state index contributed by atoms with van der Waals surface area (Å²) in [6.07, 6.45) is 5.42. The number of aliphatic hydroxyl groups excluding tert-OH is 1. The molecule has 3 heterocycles. The van der Waals surface area contributed by atoms with Gasteiger partial charge in [0.15, 0.2) is 0 Å². The Balaban J connectivity index is 1.46. The maximum absolute atomic E-state index is 12.7. The molecule has 0 radical (unpaired) electrons. The van der Waals surface area contributed by atoms with E-state index in [1.165, 1.54) is 15.8 Å². The minimum absolute atomic E-state index is 0.0653. The minimum atomic E-state index is -0.774. The molecule has 3 aromatic heterocycles. The van der Waals surface area contributed by atoms with E-state index >= 15 is 0 Å². The van der Waals surface area contributed by atoms with E-state index in [-0.39, 0.29) is 18.7 Å². The second-order valence-electron chi connectivity index (χ2n) is 5.99. The molecule has 4 rings (SSSR count). The zero-order chi connectivity index (χ0) is 16.5. The molecule has 0 aliphatic heterocycles. The number of hydrogen-bond donors (Lipinski definition) is 1. The molecule has 0 spiro atoms. The molecule has 1 unspecified atom stereocenters. The first-order valence-corrected chi connectivity index (χ1v) is 8.82. The van der Waals surface area contributed by atoms with Crippen LogP contribution in [0.5, 0.6) is 0 Å². The highest BCUT2D eigenvalue weighted by Gasteiger charge is 2.21. The summed E-state index contributed by atoms with van der Waals surface area (Å²) in [7, 11) is 0. The second kappa shape index (κ2) is 6.51. The van der Waals surface area contributed by atoms with Crippen LogP contribution in [0, 0.1) is 0 Å². The molecule has 3 aromatic rings. The highest BCUT2D eigenvalue weighted by atomic mass is 32.1. The number of furan rings is 1. The van der Waals surface area contributed by atoms with Gasteiger partial charge in [0.1, 0.15) is 17.2 Å². The number of nitrogens with zero attached hydrogens (tertiary/aromatic N) is 2. The lowest BCUT2D eigenvalue weighted by Gasteiger charge is -2.12. The molecule has 24 heavy (non-hydrogen) atoms.